The Hall–Kier alpha value is -3.20. The van der Waals surface area contributed by atoms with Gasteiger partial charge in [0.25, 0.3) is 5.91 Å². The largest absolute Gasteiger partial charge is 0.435 e. The lowest BCUT2D eigenvalue weighted by molar-refractivity contribution is -0.141. The summed E-state index contributed by atoms with van der Waals surface area (Å²) < 4.78 is 40.1. The summed E-state index contributed by atoms with van der Waals surface area (Å²) in [5.41, 5.74) is 1.51. The van der Waals surface area contributed by atoms with Crippen LogP contribution in [-0.2, 0) is 13.2 Å². The minimum Gasteiger partial charge on any atom is -0.306 e. The van der Waals surface area contributed by atoms with Crippen molar-refractivity contribution in [3.8, 4) is 11.1 Å². The van der Waals surface area contributed by atoms with Crippen LogP contribution in [0.4, 0.5) is 19.0 Å². The Morgan fingerprint density at radius 1 is 1.11 bits per heavy atom. The number of rotatable bonds is 3. The standard InChI is InChI=1S/C19H13F3N4OS/c1-26-17(9-16(25-26)19(20,21)22)24-18(27)15-8-13-14(28-15)7-12(10-23-13)11-5-3-2-4-6-11/h2-10H,1H3,(H,24,27). The quantitative estimate of drug-likeness (QED) is 0.526. The third kappa shape index (κ3) is 3.48. The van der Waals surface area contributed by atoms with E-state index in [2.05, 4.69) is 15.4 Å². The fraction of sp³-hybridized carbons (Fsp3) is 0.105. The van der Waals surface area contributed by atoms with Gasteiger partial charge in [0.2, 0.25) is 0 Å². The third-order valence-electron chi connectivity index (χ3n) is 4.11. The molecule has 0 saturated heterocycles. The number of carbonyl (C=O) groups is 1. The Kier molecular flexibility index (Phi) is 4.38. The van der Waals surface area contributed by atoms with Crippen LogP contribution in [0.15, 0.2) is 54.7 Å². The number of hydrogen-bond acceptors (Lipinski definition) is 4. The molecule has 0 aliphatic rings. The average Bonchev–Trinajstić information content (AvgIpc) is 3.25. The molecule has 0 aliphatic carbocycles. The van der Waals surface area contributed by atoms with E-state index in [1.165, 1.54) is 18.4 Å². The summed E-state index contributed by atoms with van der Waals surface area (Å²) in [6.45, 7) is 0. The van der Waals surface area contributed by atoms with Gasteiger partial charge >= 0.3 is 6.18 Å². The first kappa shape index (κ1) is 18.2. The van der Waals surface area contributed by atoms with Gasteiger partial charge in [0, 0.05) is 24.9 Å². The van der Waals surface area contributed by atoms with Gasteiger partial charge in [-0.05, 0) is 17.7 Å². The molecule has 0 bridgehead atoms. The first-order valence-electron chi connectivity index (χ1n) is 8.19. The van der Waals surface area contributed by atoms with E-state index in [1.807, 2.05) is 36.4 Å². The maximum absolute atomic E-state index is 12.8. The number of thiophene rings is 1. The van der Waals surface area contributed by atoms with Crippen LogP contribution >= 0.6 is 11.3 Å². The molecule has 0 atom stereocenters. The number of alkyl halides is 3. The van der Waals surface area contributed by atoms with Gasteiger partial charge in [-0.1, -0.05) is 30.3 Å². The van der Waals surface area contributed by atoms with E-state index in [9.17, 15) is 18.0 Å². The number of carbonyl (C=O) groups excluding carboxylic acids is 1. The van der Waals surface area contributed by atoms with Crippen LogP contribution in [0.1, 0.15) is 15.4 Å². The number of pyridine rings is 1. The van der Waals surface area contributed by atoms with Crippen LogP contribution < -0.4 is 5.32 Å². The Balaban J connectivity index is 1.61. The summed E-state index contributed by atoms with van der Waals surface area (Å²) in [6, 6.07) is 14.1. The Bertz CT molecular complexity index is 1170. The minimum absolute atomic E-state index is 0.0345. The fourth-order valence-corrected chi connectivity index (χ4v) is 3.67. The molecule has 0 unspecified atom stereocenters. The van der Waals surface area contributed by atoms with Gasteiger partial charge < -0.3 is 5.32 Å². The highest BCUT2D eigenvalue weighted by molar-refractivity contribution is 7.20. The third-order valence-corrected chi connectivity index (χ3v) is 5.18. The first-order valence-corrected chi connectivity index (χ1v) is 9.00. The van der Waals surface area contributed by atoms with Gasteiger partial charge in [-0.25, -0.2) is 0 Å². The molecule has 4 aromatic rings. The predicted octanol–water partition coefficient (Wildman–Crippen LogP) is 4.97. The van der Waals surface area contributed by atoms with Crippen molar-refractivity contribution in [1.82, 2.24) is 14.8 Å². The van der Waals surface area contributed by atoms with E-state index in [1.54, 1.807) is 12.3 Å². The molecule has 0 fully saturated rings. The number of anilines is 1. The van der Waals surface area contributed by atoms with Gasteiger partial charge in [0.05, 0.1) is 15.1 Å². The second-order valence-corrected chi connectivity index (χ2v) is 7.16. The van der Waals surface area contributed by atoms with E-state index in [-0.39, 0.29) is 5.82 Å². The Labute approximate surface area is 161 Å². The SMILES string of the molecule is Cn1nc(C(F)(F)F)cc1NC(=O)c1cc2ncc(-c3ccccc3)cc2s1. The second kappa shape index (κ2) is 6.75. The molecule has 5 nitrogen and oxygen atoms in total. The number of halogens is 3. The van der Waals surface area contributed by atoms with Crippen LogP contribution in [0.25, 0.3) is 21.3 Å². The smallest absolute Gasteiger partial charge is 0.306 e. The maximum Gasteiger partial charge on any atom is 0.435 e. The highest BCUT2D eigenvalue weighted by Crippen LogP contribution is 2.31. The van der Waals surface area contributed by atoms with Crippen molar-refractivity contribution in [2.75, 3.05) is 5.32 Å². The van der Waals surface area contributed by atoms with E-state index < -0.39 is 17.8 Å². The topological polar surface area (TPSA) is 59.8 Å². The monoisotopic (exact) mass is 402 g/mol. The number of amides is 1. The Morgan fingerprint density at radius 2 is 1.86 bits per heavy atom. The molecule has 9 heteroatoms. The van der Waals surface area contributed by atoms with Crippen LogP contribution in [0.2, 0.25) is 0 Å². The van der Waals surface area contributed by atoms with Gasteiger partial charge in [-0.3, -0.25) is 14.5 Å². The summed E-state index contributed by atoms with van der Waals surface area (Å²) in [4.78, 5) is 17.2. The second-order valence-electron chi connectivity index (χ2n) is 6.07. The minimum atomic E-state index is -4.57. The fourth-order valence-electron chi connectivity index (χ4n) is 2.72. The van der Waals surface area contributed by atoms with Crippen LogP contribution in [-0.4, -0.2) is 20.7 Å². The zero-order valence-corrected chi connectivity index (χ0v) is 15.3. The molecule has 0 radical (unpaired) electrons. The van der Waals surface area contributed by atoms with Crippen molar-refractivity contribution < 1.29 is 18.0 Å². The lowest BCUT2D eigenvalue weighted by Gasteiger charge is -2.02. The molecule has 0 aliphatic heterocycles. The number of benzene rings is 1. The Morgan fingerprint density at radius 3 is 2.54 bits per heavy atom. The number of aryl methyl sites for hydroxylation is 1. The van der Waals surface area contributed by atoms with Crippen molar-refractivity contribution in [3.05, 3.63) is 65.3 Å². The number of aromatic nitrogens is 3. The van der Waals surface area contributed by atoms with E-state index in [4.69, 9.17) is 0 Å². The van der Waals surface area contributed by atoms with Crippen molar-refractivity contribution in [2.45, 2.75) is 6.18 Å². The molecule has 0 saturated carbocycles. The zero-order valence-electron chi connectivity index (χ0n) is 14.5. The molecule has 3 heterocycles. The average molecular weight is 402 g/mol. The lowest BCUT2D eigenvalue weighted by Crippen LogP contribution is -2.13. The van der Waals surface area contributed by atoms with E-state index >= 15 is 0 Å². The molecule has 1 N–H and O–H groups in total. The maximum atomic E-state index is 12.8. The number of nitrogens with one attached hydrogen (secondary N) is 1. The molecule has 0 spiro atoms. The number of hydrogen-bond donors (Lipinski definition) is 1. The van der Waals surface area contributed by atoms with E-state index in [0.29, 0.717) is 10.4 Å². The van der Waals surface area contributed by atoms with E-state index in [0.717, 1.165) is 26.6 Å². The molecule has 1 amide bonds. The first-order chi connectivity index (χ1) is 13.3. The van der Waals surface area contributed by atoms with Crippen molar-refractivity contribution in [1.29, 1.82) is 0 Å². The van der Waals surface area contributed by atoms with Gasteiger partial charge in [0.1, 0.15) is 5.82 Å². The predicted molar refractivity (Wildman–Crippen MR) is 101 cm³/mol. The van der Waals surface area contributed by atoms with Gasteiger partial charge in [-0.2, -0.15) is 18.3 Å². The highest BCUT2D eigenvalue weighted by Gasteiger charge is 2.34. The molecular weight excluding hydrogens is 389 g/mol. The molecule has 3 aromatic heterocycles. The summed E-state index contributed by atoms with van der Waals surface area (Å²) in [5.74, 6) is -0.547. The van der Waals surface area contributed by atoms with Crippen molar-refractivity contribution in [3.63, 3.8) is 0 Å². The van der Waals surface area contributed by atoms with Gasteiger partial charge in [-0.15, -0.1) is 11.3 Å². The molecule has 28 heavy (non-hydrogen) atoms. The molecule has 142 valence electrons. The summed E-state index contributed by atoms with van der Waals surface area (Å²) in [7, 11) is 1.34. The number of nitrogens with zero attached hydrogens (tertiary/aromatic N) is 3. The highest BCUT2D eigenvalue weighted by atomic mass is 32.1. The lowest BCUT2D eigenvalue weighted by atomic mass is 10.1. The van der Waals surface area contributed by atoms with Crippen LogP contribution in [0.3, 0.4) is 0 Å². The summed E-state index contributed by atoms with van der Waals surface area (Å²) in [6.07, 6.45) is -2.85. The van der Waals surface area contributed by atoms with Crippen LogP contribution in [0, 0.1) is 0 Å². The molecule has 1 aromatic carbocycles. The normalized spacial score (nSPS) is 11.7. The summed E-state index contributed by atoms with van der Waals surface area (Å²) >= 11 is 1.23. The molecular formula is C19H13F3N4OS. The zero-order chi connectivity index (χ0) is 19.9. The summed E-state index contributed by atoms with van der Waals surface area (Å²) in [5, 5.41) is 5.85. The van der Waals surface area contributed by atoms with Crippen molar-refractivity contribution in [2.24, 2.45) is 7.05 Å². The number of fused-ring (bicyclic) bond motifs is 1. The van der Waals surface area contributed by atoms with Gasteiger partial charge in [0.15, 0.2) is 5.69 Å². The molecule has 4 rings (SSSR count). The van der Waals surface area contributed by atoms with Crippen molar-refractivity contribution >= 4 is 33.3 Å². The van der Waals surface area contributed by atoms with Crippen LogP contribution in [0.5, 0.6) is 0 Å².